The third-order valence-electron chi connectivity index (χ3n) is 3.64. The molecule has 0 unspecified atom stereocenters. The van der Waals surface area contributed by atoms with E-state index >= 15 is 0 Å². The Bertz CT molecular complexity index is 956. The molecule has 28 heavy (non-hydrogen) atoms. The molecule has 0 fully saturated rings. The Hall–Kier alpha value is -2.90. The lowest BCUT2D eigenvalue weighted by Crippen LogP contribution is -2.26. The van der Waals surface area contributed by atoms with Gasteiger partial charge in [0.1, 0.15) is 0 Å². The van der Waals surface area contributed by atoms with E-state index in [1.54, 1.807) is 48.5 Å². The van der Waals surface area contributed by atoms with Crippen LogP contribution in [-0.2, 0) is 16.1 Å². The van der Waals surface area contributed by atoms with Crippen molar-refractivity contribution in [1.82, 2.24) is 15.5 Å². The molecule has 0 saturated heterocycles. The SMILES string of the molecule is O=C(CCNC(=O)c1ccc(Cl)cc1)OCc1nnc(-c2ccc(Cl)cc2)o1. The molecule has 0 spiro atoms. The summed E-state index contributed by atoms with van der Waals surface area (Å²) in [5.41, 5.74) is 1.16. The maximum absolute atomic E-state index is 11.9. The highest BCUT2D eigenvalue weighted by atomic mass is 35.5. The zero-order chi connectivity index (χ0) is 19.9. The summed E-state index contributed by atoms with van der Waals surface area (Å²) < 4.78 is 10.5. The molecule has 0 aliphatic heterocycles. The Morgan fingerprint density at radius 3 is 2.29 bits per heavy atom. The summed E-state index contributed by atoms with van der Waals surface area (Å²) >= 11 is 11.6. The van der Waals surface area contributed by atoms with Gasteiger partial charge in [-0.2, -0.15) is 0 Å². The lowest BCUT2D eigenvalue weighted by atomic mass is 10.2. The predicted octanol–water partition coefficient (Wildman–Crippen LogP) is 3.91. The molecule has 0 atom stereocenters. The summed E-state index contributed by atoms with van der Waals surface area (Å²) in [6.45, 7) is -0.00922. The molecule has 1 amide bonds. The van der Waals surface area contributed by atoms with Crippen LogP contribution in [0, 0.1) is 0 Å². The van der Waals surface area contributed by atoms with E-state index in [1.807, 2.05) is 0 Å². The van der Waals surface area contributed by atoms with Crippen molar-refractivity contribution >= 4 is 35.1 Å². The normalized spacial score (nSPS) is 10.5. The fourth-order valence-corrected chi connectivity index (χ4v) is 2.47. The van der Waals surface area contributed by atoms with Gasteiger partial charge in [-0.15, -0.1) is 10.2 Å². The van der Waals surface area contributed by atoms with Crippen LogP contribution in [0.5, 0.6) is 0 Å². The van der Waals surface area contributed by atoms with Crippen molar-refractivity contribution in [2.24, 2.45) is 0 Å². The van der Waals surface area contributed by atoms with Crippen LogP contribution in [0.1, 0.15) is 22.7 Å². The molecule has 0 bridgehead atoms. The minimum Gasteiger partial charge on any atom is -0.456 e. The second-order valence-corrected chi connectivity index (χ2v) is 6.55. The van der Waals surface area contributed by atoms with Crippen LogP contribution < -0.4 is 5.32 Å². The van der Waals surface area contributed by atoms with Gasteiger partial charge in [0.25, 0.3) is 11.8 Å². The van der Waals surface area contributed by atoms with E-state index in [-0.39, 0.29) is 31.4 Å². The lowest BCUT2D eigenvalue weighted by Gasteiger charge is -2.05. The number of hydrogen-bond donors (Lipinski definition) is 1. The van der Waals surface area contributed by atoms with Crippen molar-refractivity contribution in [3.8, 4) is 11.5 Å². The number of nitrogens with one attached hydrogen (secondary N) is 1. The van der Waals surface area contributed by atoms with E-state index < -0.39 is 5.97 Å². The number of benzene rings is 2. The minimum atomic E-state index is -0.498. The van der Waals surface area contributed by atoms with Crippen molar-refractivity contribution in [3.63, 3.8) is 0 Å². The maximum Gasteiger partial charge on any atom is 0.308 e. The number of rotatable bonds is 7. The number of nitrogens with zero attached hydrogens (tertiary/aromatic N) is 2. The maximum atomic E-state index is 11.9. The largest absolute Gasteiger partial charge is 0.456 e. The van der Waals surface area contributed by atoms with E-state index in [1.165, 1.54) is 0 Å². The second kappa shape index (κ2) is 9.34. The summed E-state index contributed by atoms with van der Waals surface area (Å²) in [4.78, 5) is 23.7. The first-order valence-corrected chi connectivity index (χ1v) is 9.04. The highest BCUT2D eigenvalue weighted by molar-refractivity contribution is 6.30. The smallest absolute Gasteiger partial charge is 0.308 e. The van der Waals surface area contributed by atoms with E-state index in [9.17, 15) is 9.59 Å². The molecule has 3 rings (SSSR count). The number of halogens is 2. The van der Waals surface area contributed by atoms with Crippen LogP contribution in [0.3, 0.4) is 0 Å². The van der Waals surface area contributed by atoms with Crippen LogP contribution in [0.4, 0.5) is 0 Å². The average molecular weight is 420 g/mol. The van der Waals surface area contributed by atoms with Crippen LogP contribution in [0.25, 0.3) is 11.5 Å². The number of ether oxygens (including phenoxy) is 1. The molecule has 1 heterocycles. The van der Waals surface area contributed by atoms with Gasteiger partial charge >= 0.3 is 5.97 Å². The summed E-state index contributed by atoms with van der Waals surface area (Å²) in [5.74, 6) is -0.321. The van der Waals surface area contributed by atoms with Crippen molar-refractivity contribution in [1.29, 1.82) is 0 Å². The van der Waals surface area contributed by atoms with Crippen LogP contribution in [-0.4, -0.2) is 28.6 Å². The van der Waals surface area contributed by atoms with Gasteiger partial charge in [-0.05, 0) is 48.5 Å². The summed E-state index contributed by atoms with van der Waals surface area (Å²) in [6.07, 6.45) is 0.0114. The third kappa shape index (κ3) is 5.55. The number of carbonyl (C=O) groups excluding carboxylic acids is 2. The zero-order valence-electron chi connectivity index (χ0n) is 14.5. The van der Waals surface area contributed by atoms with Gasteiger partial charge in [0.15, 0.2) is 6.61 Å². The zero-order valence-corrected chi connectivity index (χ0v) is 16.0. The second-order valence-electron chi connectivity index (χ2n) is 5.68. The molecular weight excluding hydrogens is 405 g/mol. The van der Waals surface area contributed by atoms with E-state index in [0.717, 1.165) is 0 Å². The summed E-state index contributed by atoms with van der Waals surface area (Å²) in [5, 5.41) is 11.5. The first-order chi connectivity index (χ1) is 13.5. The van der Waals surface area contributed by atoms with E-state index in [4.69, 9.17) is 32.4 Å². The number of amides is 1. The van der Waals surface area contributed by atoms with Gasteiger partial charge in [-0.1, -0.05) is 23.2 Å². The van der Waals surface area contributed by atoms with Crippen molar-refractivity contribution in [3.05, 3.63) is 70.0 Å². The molecular formula is C19H15Cl2N3O4. The Morgan fingerprint density at radius 2 is 1.61 bits per heavy atom. The summed E-state index contributed by atoms with van der Waals surface area (Å²) in [6, 6.07) is 13.3. The molecule has 1 N–H and O–H groups in total. The molecule has 0 saturated carbocycles. The molecule has 144 valence electrons. The molecule has 0 radical (unpaired) electrons. The number of carbonyl (C=O) groups is 2. The van der Waals surface area contributed by atoms with Crippen LogP contribution in [0.15, 0.2) is 52.9 Å². The molecule has 0 aliphatic rings. The standard InChI is InChI=1S/C19H15Cl2N3O4/c20-14-5-1-12(2-6-14)18(26)22-10-9-17(25)27-11-16-23-24-19(28-16)13-3-7-15(21)8-4-13/h1-8H,9-11H2,(H,22,26). The van der Waals surface area contributed by atoms with Gasteiger partial charge in [-0.3, -0.25) is 9.59 Å². The van der Waals surface area contributed by atoms with Gasteiger partial charge in [0, 0.05) is 27.7 Å². The van der Waals surface area contributed by atoms with E-state index in [2.05, 4.69) is 15.5 Å². The van der Waals surface area contributed by atoms with E-state index in [0.29, 0.717) is 27.1 Å². The Kier molecular flexibility index (Phi) is 6.62. The highest BCUT2D eigenvalue weighted by Gasteiger charge is 2.12. The fraction of sp³-hybridized carbons (Fsp3) is 0.158. The monoisotopic (exact) mass is 419 g/mol. The molecule has 2 aromatic carbocycles. The van der Waals surface area contributed by atoms with Crippen molar-refractivity contribution in [2.45, 2.75) is 13.0 Å². The Morgan fingerprint density at radius 1 is 0.964 bits per heavy atom. The molecule has 3 aromatic rings. The van der Waals surface area contributed by atoms with Gasteiger partial charge in [0.05, 0.1) is 6.42 Å². The van der Waals surface area contributed by atoms with Crippen molar-refractivity contribution < 1.29 is 18.7 Å². The molecule has 0 aliphatic carbocycles. The first kappa shape index (κ1) is 19.9. The molecule has 9 heteroatoms. The minimum absolute atomic E-state index is 0.0114. The molecule has 1 aromatic heterocycles. The Balaban J connectivity index is 1.41. The average Bonchev–Trinajstić information content (AvgIpc) is 3.16. The predicted molar refractivity (Wildman–Crippen MR) is 103 cm³/mol. The van der Waals surface area contributed by atoms with Crippen molar-refractivity contribution in [2.75, 3.05) is 6.54 Å². The first-order valence-electron chi connectivity index (χ1n) is 8.29. The highest BCUT2D eigenvalue weighted by Crippen LogP contribution is 2.20. The van der Waals surface area contributed by atoms with Crippen LogP contribution >= 0.6 is 23.2 Å². The summed E-state index contributed by atoms with van der Waals surface area (Å²) in [7, 11) is 0. The van der Waals surface area contributed by atoms with Gasteiger partial charge in [-0.25, -0.2) is 0 Å². The molecule has 7 nitrogen and oxygen atoms in total. The van der Waals surface area contributed by atoms with Gasteiger partial charge < -0.3 is 14.5 Å². The quantitative estimate of drug-likeness (QED) is 0.583. The van der Waals surface area contributed by atoms with Gasteiger partial charge in [0.2, 0.25) is 5.89 Å². The fourth-order valence-electron chi connectivity index (χ4n) is 2.22. The number of esters is 1. The Labute approximate surface area is 170 Å². The third-order valence-corrected chi connectivity index (χ3v) is 4.14. The lowest BCUT2D eigenvalue weighted by molar-refractivity contribution is -0.145. The number of hydrogen-bond acceptors (Lipinski definition) is 6. The topological polar surface area (TPSA) is 94.3 Å². The van der Waals surface area contributed by atoms with Crippen LogP contribution in [0.2, 0.25) is 10.0 Å². The number of aromatic nitrogens is 2.